The van der Waals surface area contributed by atoms with Crippen molar-refractivity contribution < 1.29 is 23.0 Å². The minimum atomic E-state index is -2.56. The third kappa shape index (κ3) is 5.51. The summed E-state index contributed by atoms with van der Waals surface area (Å²) < 4.78 is 37.4. The van der Waals surface area contributed by atoms with E-state index in [-0.39, 0.29) is 30.8 Å². The summed E-state index contributed by atoms with van der Waals surface area (Å²) in [7, 11) is 0. The van der Waals surface area contributed by atoms with Crippen molar-refractivity contribution in [2.45, 2.75) is 51.1 Å². The number of pyridine rings is 1. The van der Waals surface area contributed by atoms with Crippen LogP contribution in [0.4, 0.5) is 14.6 Å². The Bertz CT molecular complexity index is 902. The number of alkyl halides is 2. The second kappa shape index (κ2) is 8.81. The Balaban J connectivity index is 1.26. The molecule has 7 heteroatoms. The van der Waals surface area contributed by atoms with Crippen molar-refractivity contribution in [1.29, 1.82) is 0 Å². The molecular formula is C24H28F2N2O3. The highest BCUT2D eigenvalue weighted by molar-refractivity contribution is 5.76. The average Bonchev–Trinajstić information content (AvgIpc) is 3.11. The molecule has 166 valence electrons. The molecular weight excluding hydrogens is 402 g/mol. The summed E-state index contributed by atoms with van der Waals surface area (Å²) in [6.07, 6.45) is 3.00. The molecule has 0 amide bonds. The van der Waals surface area contributed by atoms with E-state index in [0.29, 0.717) is 12.2 Å². The normalized spacial score (nSPS) is 22.8. The van der Waals surface area contributed by atoms with E-state index >= 15 is 0 Å². The second-order valence-corrected chi connectivity index (χ2v) is 8.68. The molecule has 31 heavy (non-hydrogen) atoms. The monoisotopic (exact) mass is 430 g/mol. The molecule has 1 aliphatic carbocycles. The van der Waals surface area contributed by atoms with Gasteiger partial charge < -0.3 is 19.2 Å². The fourth-order valence-corrected chi connectivity index (χ4v) is 3.94. The van der Waals surface area contributed by atoms with Gasteiger partial charge in [0.05, 0.1) is 25.3 Å². The molecule has 5 nitrogen and oxygen atoms in total. The molecule has 0 bridgehead atoms. The minimum absolute atomic E-state index is 0.0278. The van der Waals surface area contributed by atoms with Crippen LogP contribution in [0.25, 0.3) is 0 Å². The highest BCUT2D eigenvalue weighted by Crippen LogP contribution is 2.48. The third-order valence-electron chi connectivity index (χ3n) is 5.94. The van der Waals surface area contributed by atoms with E-state index in [4.69, 9.17) is 9.47 Å². The van der Waals surface area contributed by atoms with E-state index in [9.17, 15) is 13.6 Å². The molecule has 2 heterocycles. The molecule has 1 aliphatic heterocycles. The van der Waals surface area contributed by atoms with Crippen LogP contribution >= 0.6 is 0 Å². The first kappa shape index (κ1) is 21.5. The van der Waals surface area contributed by atoms with Crippen LogP contribution in [0, 0.1) is 5.92 Å². The Morgan fingerprint density at radius 3 is 2.55 bits per heavy atom. The highest BCUT2D eigenvalue weighted by Gasteiger charge is 2.57. The van der Waals surface area contributed by atoms with E-state index in [1.54, 1.807) is 19.2 Å². The van der Waals surface area contributed by atoms with Crippen molar-refractivity contribution >= 4 is 11.6 Å². The Labute approximate surface area is 181 Å². The summed E-state index contributed by atoms with van der Waals surface area (Å²) in [6, 6.07) is 11.6. The number of halogens is 2. The van der Waals surface area contributed by atoms with Crippen LogP contribution in [0.5, 0.6) is 11.5 Å². The van der Waals surface area contributed by atoms with E-state index in [1.807, 2.05) is 30.3 Å². The number of aromatic nitrogens is 1. The van der Waals surface area contributed by atoms with Crippen molar-refractivity contribution in [2.75, 3.05) is 24.6 Å². The zero-order valence-electron chi connectivity index (χ0n) is 17.9. The fourth-order valence-electron chi connectivity index (χ4n) is 3.94. The van der Waals surface area contributed by atoms with Gasteiger partial charge in [-0.15, -0.1) is 0 Å². The number of anilines is 1. The minimum Gasteiger partial charge on any atom is -0.491 e. The summed E-state index contributed by atoms with van der Waals surface area (Å²) in [4.78, 5) is 17.9. The number of hydrogen-bond donors (Lipinski definition) is 0. The van der Waals surface area contributed by atoms with Gasteiger partial charge in [-0.05, 0) is 42.7 Å². The van der Waals surface area contributed by atoms with Gasteiger partial charge in [0.25, 0.3) is 5.92 Å². The number of rotatable bonds is 9. The Kier molecular flexibility index (Phi) is 6.12. The average molecular weight is 430 g/mol. The SMILES string of the molecule is CC(=O)C[C@@H](C)c1ccc(OC2CCN(c3ccc(OCC4CC4(F)F)cn3)C2)cc1. The Morgan fingerprint density at radius 1 is 1.23 bits per heavy atom. The number of nitrogens with zero attached hydrogens (tertiary/aromatic N) is 2. The Hall–Kier alpha value is -2.70. The zero-order valence-corrected chi connectivity index (χ0v) is 17.9. The van der Waals surface area contributed by atoms with Crippen molar-refractivity contribution in [2.24, 2.45) is 5.92 Å². The van der Waals surface area contributed by atoms with E-state index < -0.39 is 11.8 Å². The lowest BCUT2D eigenvalue weighted by atomic mass is 9.96. The second-order valence-electron chi connectivity index (χ2n) is 8.68. The van der Waals surface area contributed by atoms with Gasteiger partial charge in [-0.3, -0.25) is 0 Å². The largest absolute Gasteiger partial charge is 0.491 e. The van der Waals surface area contributed by atoms with E-state index in [0.717, 1.165) is 36.6 Å². The van der Waals surface area contributed by atoms with Gasteiger partial charge in [-0.1, -0.05) is 19.1 Å². The van der Waals surface area contributed by atoms with Gasteiger partial charge in [0.1, 0.15) is 29.2 Å². The standard InChI is InChI=1S/C24H28F2N2O3/c1-16(11-17(2)29)18-3-5-20(6-4-18)31-22-9-10-28(14-22)23-8-7-21(13-27-23)30-15-19-12-24(19,25)26/h3-8,13,16,19,22H,9-12,14-15H2,1-2H3/t16-,19?,22?/m1/s1. The number of carbonyl (C=O) groups excluding carboxylic acids is 1. The first-order valence-electron chi connectivity index (χ1n) is 10.8. The number of ether oxygens (including phenoxy) is 2. The van der Waals surface area contributed by atoms with Crippen LogP contribution < -0.4 is 14.4 Å². The summed E-state index contributed by atoms with van der Waals surface area (Å²) in [6.45, 7) is 5.26. The molecule has 2 aliphatic rings. The molecule has 1 aromatic carbocycles. The summed E-state index contributed by atoms with van der Waals surface area (Å²) in [5, 5.41) is 0. The van der Waals surface area contributed by atoms with Crippen LogP contribution in [0.15, 0.2) is 42.6 Å². The smallest absolute Gasteiger partial charge is 0.255 e. The first-order valence-corrected chi connectivity index (χ1v) is 10.8. The number of hydrogen-bond acceptors (Lipinski definition) is 5. The topological polar surface area (TPSA) is 51.7 Å². The zero-order chi connectivity index (χ0) is 22.0. The van der Waals surface area contributed by atoms with E-state index in [1.165, 1.54) is 0 Å². The Morgan fingerprint density at radius 2 is 1.94 bits per heavy atom. The molecule has 2 fully saturated rings. The number of benzene rings is 1. The lowest BCUT2D eigenvalue weighted by Crippen LogP contribution is -2.25. The molecule has 2 unspecified atom stereocenters. The van der Waals surface area contributed by atoms with Crippen LogP contribution in [0.2, 0.25) is 0 Å². The summed E-state index contributed by atoms with van der Waals surface area (Å²) >= 11 is 0. The maximum absolute atomic E-state index is 12.9. The third-order valence-corrected chi connectivity index (χ3v) is 5.94. The highest BCUT2D eigenvalue weighted by atomic mass is 19.3. The van der Waals surface area contributed by atoms with Crippen LogP contribution in [-0.4, -0.2) is 42.5 Å². The van der Waals surface area contributed by atoms with Crippen molar-refractivity contribution in [3.8, 4) is 11.5 Å². The lowest BCUT2D eigenvalue weighted by Gasteiger charge is -2.19. The molecule has 1 aromatic heterocycles. The van der Waals surface area contributed by atoms with Crippen LogP contribution in [-0.2, 0) is 4.79 Å². The molecule has 2 aromatic rings. The predicted octanol–water partition coefficient (Wildman–Crippen LogP) is 4.86. The number of carbonyl (C=O) groups is 1. The van der Waals surface area contributed by atoms with Gasteiger partial charge in [-0.25, -0.2) is 13.8 Å². The molecule has 0 spiro atoms. The molecule has 0 N–H and O–H groups in total. The maximum atomic E-state index is 12.9. The van der Waals surface area contributed by atoms with Gasteiger partial charge >= 0.3 is 0 Å². The van der Waals surface area contributed by atoms with Gasteiger partial charge in [0, 0.05) is 25.8 Å². The molecule has 3 atom stereocenters. The molecule has 1 saturated carbocycles. The quantitative estimate of drug-likeness (QED) is 0.569. The summed E-state index contributed by atoms with van der Waals surface area (Å²) in [5.74, 6) is -0.690. The van der Waals surface area contributed by atoms with E-state index in [2.05, 4.69) is 16.8 Å². The first-order chi connectivity index (χ1) is 14.8. The number of ketones is 1. The maximum Gasteiger partial charge on any atom is 0.255 e. The van der Waals surface area contributed by atoms with Crippen molar-refractivity contribution in [3.05, 3.63) is 48.2 Å². The summed E-state index contributed by atoms with van der Waals surface area (Å²) in [5.41, 5.74) is 1.13. The van der Waals surface area contributed by atoms with Gasteiger partial charge in [-0.2, -0.15) is 0 Å². The lowest BCUT2D eigenvalue weighted by molar-refractivity contribution is -0.117. The molecule has 0 radical (unpaired) electrons. The van der Waals surface area contributed by atoms with Crippen LogP contribution in [0.3, 0.4) is 0 Å². The van der Waals surface area contributed by atoms with Gasteiger partial charge in [0.2, 0.25) is 0 Å². The van der Waals surface area contributed by atoms with Crippen molar-refractivity contribution in [3.63, 3.8) is 0 Å². The fraction of sp³-hybridized carbons (Fsp3) is 0.500. The molecule has 1 saturated heterocycles. The molecule has 4 rings (SSSR count). The van der Waals surface area contributed by atoms with Gasteiger partial charge in [0.15, 0.2) is 0 Å². The number of Topliss-reactive ketones (excluding diaryl/α,β-unsaturated/α-hetero) is 1. The van der Waals surface area contributed by atoms with Crippen LogP contribution in [0.1, 0.15) is 44.6 Å². The predicted molar refractivity (Wildman–Crippen MR) is 114 cm³/mol. The van der Waals surface area contributed by atoms with Crippen molar-refractivity contribution in [1.82, 2.24) is 4.98 Å².